The monoisotopic (exact) mass is 421 g/mol. The van der Waals surface area contributed by atoms with Crippen LogP contribution in [0.2, 0.25) is 5.02 Å². The molecule has 0 aliphatic heterocycles. The van der Waals surface area contributed by atoms with Crippen molar-refractivity contribution in [3.63, 3.8) is 0 Å². The molecule has 0 heterocycles. The molecule has 30 heavy (non-hydrogen) atoms. The highest BCUT2D eigenvalue weighted by atomic mass is 35.5. The fraction of sp³-hybridized carbons (Fsp3) is 0.0870. The van der Waals surface area contributed by atoms with Crippen molar-refractivity contribution in [3.05, 3.63) is 94.5 Å². The number of nitrogens with zero attached hydrogens (tertiary/aromatic N) is 1. The van der Waals surface area contributed by atoms with Gasteiger partial charge in [0.15, 0.2) is 0 Å². The fourth-order valence-electron chi connectivity index (χ4n) is 2.45. The summed E-state index contributed by atoms with van der Waals surface area (Å²) in [6.45, 7) is 2.11. The predicted molar refractivity (Wildman–Crippen MR) is 118 cm³/mol. The van der Waals surface area contributed by atoms with Crippen LogP contribution in [0.4, 0.5) is 5.69 Å². The van der Waals surface area contributed by atoms with Gasteiger partial charge in [-0.25, -0.2) is 10.2 Å². The van der Waals surface area contributed by atoms with E-state index < -0.39 is 5.97 Å². The minimum atomic E-state index is -0.471. The van der Waals surface area contributed by atoms with Gasteiger partial charge in [0.2, 0.25) is 0 Å². The number of hydrogen-bond donors (Lipinski definition) is 2. The third-order valence-corrected chi connectivity index (χ3v) is 4.33. The number of esters is 1. The number of halogens is 1. The van der Waals surface area contributed by atoms with E-state index in [2.05, 4.69) is 15.8 Å². The molecule has 0 atom stereocenters. The molecule has 0 saturated heterocycles. The molecule has 7 heteroatoms. The van der Waals surface area contributed by atoms with Crippen LogP contribution in [-0.2, 0) is 4.79 Å². The number of hydrazone groups is 1. The van der Waals surface area contributed by atoms with Gasteiger partial charge in [0, 0.05) is 10.7 Å². The molecule has 152 valence electrons. The average Bonchev–Trinajstić information content (AvgIpc) is 2.75. The Labute approximate surface area is 179 Å². The summed E-state index contributed by atoms with van der Waals surface area (Å²) in [5.74, 6) is -0.333. The highest BCUT2D eigenvalue weighted by molar-refractivity contribution is 6.30. The van der Waals surface area contributed by atoms with Crippen LogP contribution in [0.1, 0.15) is 21.5 Å². The van der Waals surface area contributed by atoms with Crippen LogP contribution in [0.3, 0.4) is 0 Å². The van der Waals surface area contributed by atoms with E-state index in [9.17, 15) is 9.59 Å². The molecule has 0 saturated carbocycles. The second-order valence-electron chi connectivity index (χ2n) is 6.48. The van der Waals surface area contributed by atoms with Gasteiger partial charge in [-0.2, -0.15) is 5.10 Å². The third kappa shape index (κ3) is 6.46. The Balaban J connectivity index is 1.45. The summed E-state index contributed by atoms with van der Waals surface area (Å²) in [7, 11) is 0. The van der Waals surface area contributed by atoms with Gasteiger partial charge in [0.25, 0.3) is 5.91 Å². The minimum absolute atomic E-state index is 0.111. The lowest BCUT2D eigenvalue weighted by Gasteiger charge is -2.06. The maximum atomic E-state index is 12.1. The first kappa shape index (κ1) is 21.1. The van der Waals surface area contributed by atoms with Gasteiger partial charge in [0.1, 0.15) is 5.75 Å². The number of hydrogen-bond acceptors (Lipinski definition) is 5. The van der Waals surface area contributed by atoms with Crippen LogP contribution < -0.4 is 15.5 Å². The molecule has 1 amide bonds. The van der Waals surface area contributed by atoms with Crippen LogP contribution in [0.25, 0.3) is 0 Å². The molecule has 3 rings (SSSR count). The lowest BCUT2D eigenvalue weighted by atomic mass is 10.2. The zero-order chi connectivity index (χ0) is 21.3. The highest BCUT2D eigenvalue weighted by Crippen LogP contribution is 2.15. The minimum Gasteiger partial charge on any atom is -0.423 e. The van der Waals surface area contributed by atoms with Gasteiger partial charge in [-0.3, -0.25) is 4.79 Å². The average molecular weight is 422 g/mol. The van der Waals surface area contributed by atoms with Crippen molar-refractivity contribution >= 4 is 35.4 Å². The summed E-state index contributed by atoms with van der Waals surface area (Å²) in [4.78, 5) is 23.9. The van der Waals surface area contributed by atoms with E-state index in [0.29, 0.717) is 16.3 Å². The van der Waals surface area contributed by atoms with Crippen molar-refractivity contribution < 1.29 is 14.3 Å². The van der Waals surface area contributed by atoms with E-state index in [4.69, 9.17) is 16.3 Å². The molecule has 0 fully saturated rings. The third-order valence-electron chi connectivity index (χ3n) is 4.08. The number of benzene rings is 3. The number of amides is 1. The fourth-order valence-corrected chi connectivity index (χ4v) is 2.57. The zero-order valence-electron chi connectivity index (χ0n) is 16.3. The van der Waals surface area contributed by atoms with Crippen LogP contribution in [-0.4, -0.2) is 24.6 Å². The van der Waals surface area contributed by atoms with Crippen molar-refractivity contribution in [3.8, 4) is 5.75 Å². The number of carbonyl (C=O) groups excluding carboxylic acids is 2. The van der Waals surface area contributed by atoms with E-state index in [1.807, 2.05) is 31.2 Å². The smallest absolute Gasteiger partial charge is 0.343 e. The Hall–Kier alpha value is -3.64. The molecule has 0 aromatic heterocycles. The second-order valence-corrected chi connectivity index (χ2v) is 6.91. The Kier molecular flexibility index (Phi) is 7.19. The molecule has 0 aliphatic carbocycles. The second kappa shape index (κ2) is 10.2. The molecular weight excluding hydrogens is 402 g/mol. The van der Waals surface area contributed by atoms with Gasteiger partial charge < -0.3 is 10.1 Å². The summed E-state index contributed by atoms with van der Waals surface area (Å²) in [6, 6.07) is 21.0. The number of anilines is 1. The molecule has 3 aromatic carbocycles. The van der Waals surface area contributed by atoms with Crippen LogP contribution in [0.5, 0.6) is 5.75 Å². The summed E-state index contributed by atoms with van der Waals surface area (Å²) in [5, 5.41) is 7.50. The van der Waals surface area contributed by atoms with Crippen LogP contribution in [0, 0.1) is 6.92 Å². The van der Waals surface area contributed by atoms with Crippen molar-refractivity contribution in [2.75, 3.05) is 11.9 Å². The first-order valence-electron chi connectivity index (χ1n) is 9.20. The first-order chi connectivity index (χ1) is 14.5. The van der Waals surface area contributed by atoms with Gasteiger partial charge in [-0.1, -0.05) is 29.3 Å². The van der Waals surface area contributed by atoms with Crippen molar-refractivity contribution in [1.82, 2.24) is 5.43 Å². The summed E-state index contributed by atoms with van der Waals surface area (Å²) >= 11 is 5.81. The Morgan fingerprint density at radius 3 is 2.30 bits per heavy atom. The maximum Gasteiger partial charge on any atom is 0.343 e. The number of ether oxygens (including phenoxy) is 1. The van der Waals surface area contributed by atoms with Gasteiger partial charge in [0.05, 0.1) is 18.3 Å². The van der Waals surface area contributed by atoms with E-state index in [0.717, 1.165) is 16.8 Å². The van der Waals surface area contributed by atoms with Crippen molar-refractivity contribution in [1.29, 1.82) is 0 Å². The number of aryl methyl sites for hydroxylation is 1. The molecular formula is C23H20ClN3O3. The molecule has 0 aliphatic rings. The SMILES string of the molecule is Cc1ccc(NCC(=O)NN=Cc2ccc(OC(=O)c3ccc(Cl)cc3)cc2)cc1. The number of carbonyl (C=O) groups is 2. The Morgan fingerprint density at radius 2 is 1.63 bits per heavy atom. The van der Waals surface area contributed by atoms with Crippen LogP contribution >= 0.6 is 11.6 Å². The quantitative estimate of drug-likeness (QED) is 0.256. The largest absolute Gasteiger partial charge is 0.423 e. The molecule has 0 bridgehead atoms. The van der Waals surface area contributed by atoms with E-state index in [1.165, 1.54) is 6.21 Å². The predicted octanol–water partition coefficient (Wildman–Crippen LogP) is 4.43. The molecule has 3 aromatic rings. The van der Waals surface area contributed by atoms with Gasteiger partial charge >= 0.3 is 5.97 Å². The summed E-state index contributed by atoms with van der Waals surface area (Å²) in [5.41, 5.74) is 5.63. The molecule has 2 N–H and O–H groups in total. The normalized spacial score (nSPS) is 10.6. The Morgan fingerprint density at radius 1 is 0.967 bits per heavy atom. The van der Waals surface area contributed by atoms with Gasteiger partial charge in [-0.05, 0) is 73.2 Å². The maximum absolute atomic E-state index is 12.1. The number of nitrogens with one attached hydrogen (secondary N) is 2. The Bertz CT molecular complexity index is 1030. The molecule has 0 unspecified atom stereocenters. The topological polar surface area (TPSA) is 79.8 Å². The van der Waals surface area contributed by atoms with E-state index >= 15 is 0 Å². The number of rotatable bonds is 7. The zero-order valence-corrected chi connectivity index (χ0v) is 17.0. The summed E-state index contributed by atoms with van der Waals surface area (Å²) in [6.07, 6.45) is 1.51. The summed E-state index contributed by atoms with van der Waals surface area (Å²) < 4.78 is 5.31. The van der Waals surface area contributed by atoms with Crippen molar-refractivity contribution in [2.24, 2.45) is 5.10 Å². The van der Waals surface area contributed by atoms with Crippen molar-refractivity contribution in [2.45, 2.75) is 6.92 Å². The molecule has 0 spiro atoms. The standard InChI is InChI=1S/C23H20ClN3O3/c1-16-2-10-20(11-3-16)25-15-22(28)27-26-14-17-4-12-21(13-5-17)30-23(29)18-6-8-19(24)9-7-18/h2-14,25H,15H2,1H3,(H,27,28). The molecule has 0 radical (unpaired) electrons. The van der Waals surface area contributed by atoms with Crippen LogP contribution in [0.15, 0.2) is 77.9 Å². The molecule has 6 nitrogen and oxygen atoms in total. The lowest BCUT2D eigenvalue weighted by molar-refractivity contribution is -0.119. The van der Waals surface area contributed by atoms with E-state index in [-0.39, 0.29) is 12.5 Å². The highest BCUT2D eigenvalue weighted by Gasteiger charge is 2.08. The first-order valence-corrected chi connectivity index (χ1v) is 9.58. The van der Waals surface area contributed by atoms with E-state index in [1.54, 1.807) is 48.5 Å². The van der Waals surface area contributed by atoms with Gasteiger partial charge in [-0.15, -0.1) is 0 Å². The lowest BCUT2D eigenvalue weighted by Crippen LogP contribution is -2.25.